The van der Waals surface area contributed by atoms with Gasteiger partial charge in [0.2, 0.25) is 5.78 Å². The third-order valence-corrected chi connectivity index (χ3v) is 4.57. The molecular weight excluding hydrogens is 372 g/mol. The number of nitrogens with one attached hydrogen (secondary N) is 2. The monoisotopic (exact) mass is 387 g/mol. The van der Waals surface area contributed by atoms with Crippen LogP contribution in [0, 0.1) is 11.6 Å². The maximum Gasteiger partial charge on any atom is 0.251 e. The van der Waals surface area contributed by atoms with Crippen molar-refractivity contribution in [1.29, 1.82) is 0 Å². The molecule has 1 aromatic carbocycles. The summed E-state index contributed by atoms with van der Waals surface area (Å²) in [6.45, 7) is 1.07. The van der Waals surface area contributed by atoms with Crippen molar-refractivity contribution in [2.24, 2.45) is 5.73 Å². The molecule has 0 radical (unpaired) electrons. The maximum atomic E-state index is 14.6. The zero-order chi connectivity index (χ0) is 19.8. The Kier molecular flexibility index (Phi) is 4.47. The zero-order valence-corrected chi connectivity index (χ0v) is 14.5. The summed E-state index contributed by atoms with van der Waals surface area (Å²) in [7, 11) is 0. The molecule has 1 atom stereocenters. The number of rotatable bonds is 5. The number of benzene rings is 1. The fraction of sp³-hybridized carbons (Fsp3) is 0.222. The van der Waals surface area contributed by atoms with Gasteiger partial charge in [-0.15, -0.1) is 0 Å². The predicted octanol–water partition coefficient (Wildman–Crippen LogP) is 1.77. The number of aromatic nitrogens is 3. The number of ketones is 1. The molecule has 28 heavy (non-hydrogen) atoms. The van der Waals surface area contributed by atoms with Gasteiger partial charge in [-0.05, 0) is 18.6 Å². The van der Waals surface area contributed by atoms with Crippen molar-refractivity contribution in [1.82, 2.24) is 15.0 Å². The van der Waals surface area contributed by atoms with Crippen LogP contribution in [0.15, 0.2) is 24.7 Å². The van der Waals surface area contributed by atoms with E-state index < -0.39 is 34.5 Å². The Bertz CT molecular complexity index is 1090. The van der Waals surface area contributed by atoms with E-state index in [0.29, 0.717) is 30.1 Å². The molecule has 3 heterocycles. The van der Waals surface area contributed by atoms with Crippen molar-refractivity contribution in [3.8, 4) is 0 Å². The first kappa shape index (κ1) is 18.0. The van der Waals surface area contributed by atoms with Gasteiger partial charge < -0.3 is 20.8 Å². The number of nitrogens with two attached hydrogens (primary N) is 1. The standard InChI is InChI=1S/C18H15F2N5O3/c19-11-2-1-9(16(21)27)14(20)13(11)15(26)10-5-22-17-12(10)18(24-7-23-17)25-8-3-4-28-6-8/h1-2,5,7-8H,3-4,6H2,(H2,21,27)(H2,22,23,24,25). The van der Waals surface area contributed by atoms with Gasteiger partial charge in [-0.25, -0.2) is 18.7 Å². The van der Waals surface area contributed by atoms with Crippen LogP contribution in [0.3, 0.4) is 0 Å². The number of halogens is 2. The van der Waals surface area contributed by atoms with Crippen molar-refractivity contribution in [2.45, 2.75) is 12.5 Å². The number of carbonyl (C=O) groups excluding carboxylic acids is 2. The van der Waals surface area contributed by atoms with E-state index in [4.69, 9.17) is 10.5 Å². The van der Waals surface area contributed by atoms with Crippen LogP contribution >= 0.6 is 0 Å². The molecule has 4 N–H and O–H groups in total. The Morgan fingerprint density at radius 3 is 2.79 bits per heavy atom. The highest BCUT2D eigenvalue weighted by atomic mass is 19.1. The first-order valence-corrected chi connectivity index (χ1v) is 8.46. The molecule has 1 aliphatic heterocycles. The lowest BCUT2D eigenvalue weighted by Crippen LogP contribution is -2.20. The van der Waals surface area contributed by atoms with Crippen LogP contribution in [0.5, 0.6) is 0 Å². The van der Waals surface area contributed by atoms with E-state index in [1.54, 1.807) is 0 Å². The maximum absolute atomic E-state index is 14.6. The predicted molar refractivity (Wildman–Crippen MR) is 95.0 cm³/mol. The highest BCUT2D eigenvalue weighted by Crippen LogP contribution is 2.29. The molecule has 0 bridgehead atoms. The molecule has 1 amide bonds. The highest BCUT2D eigenvalue weighted by molar-refractivity contribution is 6.18. The van der Waals surface area contributed by atoms with Gasteiger partial charge in [-0.3, -0.25) is 9.59 Å². The normalized spacial score (nSPS) is 16.4. The first-order chi connectivity index (χ1) is 13.5. The molecule has 4 rings (SSSR count). The largest absolute Gasteiger partial charge is 0.379 e. The number of H-pyrrole nitrogens is 1. The number of hydrogen-bond acceptors (Lipinski definition) is 6. The molecule has 2 aromatic heterocycles. The molecule has 0 spiro atoms. The minimum atomic E-state index is -1.30. The van der Waals surface area contributed by atoms with E-state index in [2.05, 4.69) is 20.3 Å². The Balaban J connectivity index is 1.83. The molecule has 0 saturated carbocycles. The zero-order valence-electron chi connectivity index (χ0n) is 14.5. The number of amides is 1. The van der Waals surface area contributed by atoms with Gasteiger partial charge in [0, 0.05) is 12.8 Å². The summed E-state index contributed by atoms with van der Waals surface area (Å²) >= 11 is 0. The number of fused-ring (bicyclic) bond motifs is 1. The van der Waals surface area contributed by atoms with Crippen LogP contribution in [0.4, 0.5) is 14.6 Å². The van der Waals surface area contributed by atoms with Crippen molar-refractivity contribution in [2.75, 3.05) is 18.5 Å². The van der Waals surface area contributed by atoms with Crippen molar-refractivity contribution < 1.29 is 23.1 Å². The smallest absolute Gasteiger partial charge is 0.251 e. The van der Waals surface area contributed by atoms with Crippen molar-refractivity contribution >= 4 is 28.5 Å². The minimum absolute atomic E-state index is 0.0115. The molecule has 144 valence electrons. The lowest BCUT2D eigenvalue weighted by molar-refractivity contribution is 0.0996. The van der Waals surface area contributed by atoms with Gasteiger partial charge >= 0.3 is 0 Å². The second-order valence-electron chi connectivity index (χ2n) is 6.33. The summed E-state index contributed by atoms with van der Waals surface area (Å²) in [6, 6.07) is 1.72. The van der Waals surface area contributed by atoms with Crippen LogP contribution < -0.4 is 11.1 Å². The molecule has 0 aliphatic carbocycles. The lowest BCUT2D eigenvalue weighted by atomic mass is 9.99. The molecule has 3 aromatic rings. The number of primary amides is 1. The molecule has 8 nitrogen and oxygen atoms in total. The number of aromatic amines is 1. The van der Waals surface area contributed by atoms with E-state index >= 15 is 0 Å². The van der Waals surface area contributed by atoms with Crippen LogP contribution in [0.1, 0.15) is 32.7 Å². The Labute approximate surface area is 157 Å². The van der Waals surface area contributed by atoms with E-state index in [1.165, 1.54) is 12.5 Å². The molecule has 1 aliphatic rings. The van der Waals surface area contributed by atoms with Crippen LogP contribution in [-0.4, -0.2) is 45.9 Å². The van der Waals surface area contributed by atoms with Crippen LogP contribution in [0.25, 0.3) is 11.0 Å². The van der Waals surface area contributed by atoms with E-state index in [0.717, 1.165) is 18.6 Å². The Morgan fingerprint density at radius 1 is 1.25 bits per heavy atom. The van der Waals surface area contributed by atoms with Gasteiger partial charge in [-0.2, -0.15) is 0 Å². The van der Waals surface area contributed by atoms with E-state index in [1.807, 2.05) is 0 Å². The van der Waals surface area contributed by atoms with Crippen LogP contribution in [-0.2, 0) is 4.74 Å². The molecule has 1 unspecified atom stereocenters. The second-order valence-corrected chi connectivity index (χ2v) is 6.33. The summed E-state index contributed by atoms with van der Waals surface area (Å²) < 4.78 is 34.2. The van der Waals surface area contributed by atoms with E-state index in [9.17, 15) is 18.4 Å². The highest BCUT2D eigenvalue weighted by Gasteiger charge is 2.27. The second kappa shape index (κ2) is 6.97. The summed E-state index contributed by atoms with van der Waals surface area (Å²) in [5, 5.41) is 3.46. The van der Waals surface area contributed by atoms with Crippen LogP contribution in [0.2, 0.25) is 0 Å². The number of hydrogen-bond donors (Lipinski definition) is 3. The van der Waals surface area contributed by atoms with Gasteiger partial charge in [0.15, 0.2) is 0 Å². The van der Waals surface area contributed by atoms with Gasteiger partial charge in [0.1, 0.15) is 29.4 Å². The summed E-state index contributed by atoms with van der Waals surface area (Å²) in [4.78, 5) is 35.3. The fourth-order valence-corrected chi connectivity index (χ4v) is 3.18. The minimum Gasteiger partial charge on any atom is -0.379 e. The Hall–Kier alpha value is -3.40. The fourth-order valence-electron chi connectivity index (χ4n) is 3.18. The van der Waals surface area contributed by atoms with Gasteiger partial charge in [-0.1, -0.05) is 0 Å². The van der Waals surface area contributed by atoms with Crippen molar-refractivity contribution in [3.05, 3.63) is 53.0 Å². The molecule has 1 fully saturated rings. The molecule has 1 saturated heterocycles. The lowest BCUT2D eigenvalue weighted by Gasteiger charge is -2.13. The average molecular weight is 387 g/mol. The first-order valence-electron chi connectivity index (χ1n) is 8.46. The summed E-state index contributed by atoms with van der Waals surface area (Å²) in [6.07, 6.45) is 3.36. The Morgan fingerprint density at radius 2 is 2.07 bits per heavy atom. The number of carbonyl (C=O) groups is 2. The third-order valence-electron chi connectivity index (χ3n) is 4.57. The third kappa shape index (κ3) is 2.97. The van der Waals surface area contributed by atoms with Gasteiger partial charge in [0.05, 0.1) is 34.7 Å². The summed E-state index contributed by atoms with van der Waals surface area (Å²) in [5.41, 5.74) is 3.96. The average Bonchev–Trinajstić information content (AvgIpc) is 3.31. The number of anilines is 1. The molecular formula is C18H15F2N5O3. The number of ether oxygens (including phenoxy) is 1. The SMILES string of the molecule is NC(=O)c1ccc(F)c(C(=O)c2c[nH]c3ncnc(NC4CCOC4)c23)c1F. The topological polar surface area (TPSA) is 123 Å². The molecule has 10 heteroatoms. The van der Waals surface area contributed by atoms with Gasteiger partial charge in [0.25, 0.3) is 5.91 Å². The van der Waals surface area contributed by atoms with E-state index in [-0.39, 0.29) is 11.6 Å². The quantitative estimate of drug-likeness (QED) is 0.574. The summed E-state index contributed by atoms with van der Waals surface area (Å²) in [5.74, 6) is -4.11. The van der Waals surface area contributed by atoms with Crippen molar-refractivity contribution in [3.63, 3.8) is 0 Å². The number of nitrogens with zero attached hydrogens (tertiary/aromatic N) is 2.